The highest BCUT2D eigenvalue weighted by atomic mass is 16.2. The fraction of sp³-hybridized carbons (Fsp3) is 0.727. The number of nitrogens with zero attached hydrogens (tertiary/aromatic N) is 5. The molecule has 1 N–H and O–H groups in total. The van der Waals surface area contributed by atoms with Crippen LogP contribution in [0.1, 0.15) is 59.3 Å². The quantitative estimate of drug-likeness (QED) is 0.843. The van der Waals surface area contributed by atoms with E-state index in [0.717, 1.165) is 38.6 Å². The lowest BCUT2D eigenvalue weighted by Crippen LogP contribution is -2.62. The van der Waals surface area contributed by atoms with Gasteiger partial charge in [0.1, 0.15) is 12.7 Å². The second kappa shape index (κ2) is 6.41. The molecule has 2 unspecified atom stereocenters. The van der Waals surface area contributed by atoms with Crippen LogP contribution in [0.5, 0.6) is 0 Å². The van der Waals surface area contributed by atoms with Crippen molar-refractivity contribution in [3.8, 4) is 0 Å². The fourth-order valence-corrected chi connectivity index (χ4v) is 6.65. The molecule has 0 aliphatic heterocycles. The van der Waals surface area contributed by atoms with Crippen LogP contribution in [0.3, 0.4) is 0 Å². The SMILES string of the molecule is CC(C)(C)[C@H](Cn1ccnc1)NC(=O)C12C[C@H]3C[C@@H](C1)CC(n1cncn1)(C3)C2. The normalized spacial score (nSPS) is 34.3. The first kappa shape index (κ1) is 18.8. The Balaban J connectivity index is 1.41. The van der Waals surface area contributed by atoms with Gasteiger partial charge >= 0.3 is 0 Å². The highest BCUT2D eigenvalue weighted by Gasteiger charge is 2.62. The predicted octanol–water partition coefficient (Wildman–Crippen LogP) is 3.00. The molecule has 5 atom stereocenters. The van der Waals surface area contributed by atoms with Crippen LogP contribution in [0.15, 0.2) is 31.4 Å². The number of imidazole rings is 1. The molecule has 2 aromatic rings. The molecular weight excluding hydrogens is 364 g/mol. The van der Waals surface area contributed by atoms with Gasteiger partial charge in [-0.2, -0.15) is 5.10 Å². The summed E-state index contributed by atoms with van der Waals surface area (Å²) in [5.74, 6) is 1.48. The number of carbonyl (C=O) groups is 1. The zero-order valence-corrected chi connectivity index (χ0v) is 17.7. The van der Waals surface area contributed by atoms with Crippen molar-refractivity contribution in [2.75, 3.05) is 0 Å². The largest absolute Gasteiger partial charge is 0.351 e. The van der Waals surface area contributed by atoms with E-state index in [1.807, 2.05) is 18.9 Å². The number of hydrogen-bond acceptors (Lipinski definition) is 4. The molecule has 4 bridgehead atoms. The van der Waals surface area contributed by atoms with Crippen molar-refractivity contribution in [1.82, 2.24) is 29.6 Å². The van der Waals surface area contributed by atoms with E-state index in [4.69, 9.17) is 0 Å². The third-order valence-corrected chi connectivity index (χ3v) is 7.72. The number of hydrogen-bond donors (Lipinski definition) is 1. The lowest BCUT2D eigenvalue weighted by atomic mass is 9.46. The van der Waals surface area contributed by atoms with Crippen molar-refractivity contribution in [1.29, 1.82) is 0 Å². The van der Waals surface area contributed by atoms with E-state index in [0.29, 0.717) is 11.8 Å². The lowest BCUT2D eigenvalue weighted by molar-refractivity contribution is -0.157. The van der Waals surface area contributed by atoms with Gasteiger partial charge in [0, 0.05) is 18.9 Å². The Morgan fingerprint density at radius 3 is 2.52 bits per heavy atom. The maximum atomic E-state index is 13.8. The first-order valence-corrected chi connectivity index (χ1v) is 10.9. The second-order valence-electron chi connectivity index (χ2n) is 11.0. The van der Waals surface area contributed by atoms with Gasteiger partial charge in [-0.3, -0.25) is 4.79 Å². The molecular formula is C22H32N6O. The number of rotatable bonds is 5. The number of aromatic nitrogens is 5. The molecule has 7 heteroatoms. The predicted molar refractivity (Wildman–Crippen MR) is 109 cm³/mol. The Morgan fingerprint density at radius 2 is 1.93 bits per heavy atom. The Bertz CT molecular complexity index is 852. The Kier molecular flexibility index (Phi) is 4.16. The topological polar surface area (TPSA) is 77.6 Å². The first-order chi connectivity index (χ1) is 13.8. The molecule has 29 heavy (non-hydrogen) atoms. The van der Waals surface area contributed by atoms with E-state index in [-0.39, 0.29) is 28.3 Å². The summed E-state index contributed by atoms with van der Waals surface area (Å²) < 4.78 is 4.13. The summed E-state index contributed by atoms with van der Waals surface area (Å²) >= 11 is 0. The fourth-order valence-electron chi connectivity index (χ4n) is 6.65. The highest BCUT2D eigenvalue weighted by Crippen LogP contribution is 2.64. The summed E-state index contributed by atoms with van der Waals surface area (Å²) in [6, 6.07) is 0.0551. The Morgan fingerprint density at radius 1 is 1.17 bits per heavy atom. The summed E-state index contributed by atoms with van der Waals surface area (Å²) in [5.41, 5.74) is -0.334. The van der Waals surface area contributed by atoms with E-state index in [1.165, 1.54) is 6.42 Å². The van der Waals surface area contributed by atoms with Gasteiger partial charge in [0.2, 0.25) is 5.91 Å². The van der Waals surface area contributed by atoms with E-state index in [1.54, 1.807) is 12.5 Å². The number of carbonyl (C=O) groups excluding carboxylic acids is 1. The molecule has 4 aliphatic rings. The Labute approximate surface area is 172 Å². The Hall–Kier alpha value is -2.18. The molecule has 0 radical (unpaired) electrons. The summed E-state index contributed by atoms with van der Waals surface area (Å²) in [4.78, 5) is 22.2. The molecule has 156 valence electrons. The molecule has 4 fully saturated rings. The minimum atomic E-state index is -0.269. The standard InChI is InChI=1S/C22H32N6O/c1-20(2,3)18(11-27-5-4-23-14-27)26-19(29)21-7-16-6-17(8-21)10-22(9-16,12-21)28-15-24-13-25-28/h4-5,13-18H,6-12H2,1-3H3,(H,26,29)/t16-,17+,18-,21?,22?/m0/s1. The average Bonchev–Trinajstić information content (AvgIpc) is 3.33. The van der Waals surface area contributed by atoms with Gasteiger partial charge in [-0.05, 0) is 55.8 Å². The molecule has 0 spiro atoms. The minimum absolute atomic E-state index is 0.0283. The molecule has 4 aliphatic carbocycles. The lowest BCUT2D eigenvalue weighted by Gasteiger charge is -2.61. The molecule has 4 saturated carbocycles. The van der Waals surface area contributed by atoms with Crippen molar-refractivity contribution < 1.29 is 4.79 Å². The van der Waals surface area contributed by atoms with Gasteiger partial charge in [0.05, 0.1) is 23.3 Å². The van der Waals surface area contributed by atoms with Gasteiger partial charge in [-0.1, -0.05) is 20.8 Å². The van der Waals surface area contributed by atoms with Crippen LogP contribution in [0.2, 0.25) is 0 Å². The van der Waals surface area contributed by atoms with E-state index in [2.05, 4.69) is 50.4 Å². The van der Waals surface area contributed by atoms with Crippen molar-refractivity contribution >= 4 is 5.91 Å². The van der Waals surface area contributed by atoms with Crippen LogP contribution >= 0.6 is 0 Å². The van der Waals surface area contributed by atoms with E-state index in [9.17, 15) is 4.79 Å². The number of nitrogens with one attached hydrogen (secondary N) is 1. The van der Waals surface area contributed by atoms with Gasteiger partial charge in [0.15, 0.2) is 0 Å². The van der Waals surface area contributed by atoms with Crippen LogP contribution < -0.4 is 5.32 Å². The molecule has 2 aromatic heterocycles. The second-order valence-corrected chi connectivity index (χ2v) is 11.0. The van der Waals surface area contributed by atoms with Crippen molar-refractivity contribution in [3.05, 3.63) is 31.4 Å². The first-order valence-electron chi connectivity index (χ1n) is 10.9. The van der Waals surface area contributed by atoms with E-state index < -0.39 is 0 Å². The summed E-state index contributed by atoms with van der Waals surface area (Å²) in [7, 11) is 0. The monoisotopic (exact) mass is 396 g/mol. The molecule has 0 aromatic carbocycles. The van der Waals surface area contributed by atoms with Gasteiger partial charge in [-0.25, -0.2) is 14.6 Å². The zero-order valence-electron chi connectivity index (χ0n) is 17.7. The molecule has 1 amide bonds. The molecule has 0 saturated heterocycles. The third-order valence-electron chi connectivity index (χ3n) is 7.72. The maximum Gasteiger partial charge on any atom is 0.226 e. The van der Waals surface area contributed by atoms with Gasteiger partial charge in [-0.15, -0.1) is 0 Å². The van der Waals surface area contributed by atoms with Crippen LogP contribution in [0.25, 0.3) is 0 Å². The van der Waals surface area contributed by atoms with Crippen LogP contribution in [-0.2, 0) is 16.9 Å². The summed E-state index contributed by atoms with van der Waals surface area (Å²) in [6.45, 7) is 7.34. The molecule has 2 heterocycles. The third kappa shape index (κ3) is 3.19. The highest BCUT2D eigenvalue weighted by molar-refractivity contribution is 5.83. The zero-order chi connectivity index (χ0) is 20.3. The van der Waals surface area contributed by atoms with Crippen molar-refractivity contribution in [3.63, 3.8) is 0 Å². The van der Waals surface area contributed by atoms with Gasteiger partial charge < -0.3 is 9.88 Å². The summed E-state index contributed by atoms with van der Waals surface area (Å²) in [6.07, 6.45) is 15.6. The molecule has 7 nitrogen and oxygen atoms in total. The van der Waals surface area contributed by atoms with Gasteiger partial charge in [0.25, 0.3) is 0 Å². The van der Waals surface area contributed by atoms with Crippen molar-refractivity contribution in [2.45, 2.75) is 77.4 Å². The van der Waals surface area contributed by atoms with Crippen LogP contribution in [-0.4, -0.2) is 36.3 Å². The van der Waals surface area contributed by atoms with Crippen LogP contribution in [0.4, 0.5) is 0 Å². The maximum absolute atomic E-state index is 13.8. The average molecular weight is 397 g/mol. The van der Waals surface area contributed by atoms with Crippen LogP contribution in [0, 0.1) is 22.7 Å². The van der Waals surface area contributed by atoms with E-state index >= 15 is 0 Å². The minimum Gasteiger partial charge on any atom is -0.351 e. The number of amides is 1. The smallest absolute Gasteiger partial charge is 0.226 e. The van der Waals surface area contributed by atoms with Crippen molar-refractivity contribution in [2.24, 2.45) is 22.7 Å². The molecule has 6 rings (SSSR count). The summed E-state index contributed by atoms with van der Waals surface area (Å²) in [5, 5.41) is 7.99.